The molecule has 0 aliphatic carbocycles. The largest absolute Gasteiger partial charge is 0.342 e. The van der Waals surface area contributed by atoms with Crippen LogP contribution in [0.2, 0.25) is 0 Å². The van der Waals surface area contributed by atoms with Crippen LogP contribution >= 0.6 is 0 Å². The molecule has 128 valence electrons. The first-order valence-electron chi connectivity index (χ1n) is 7.73. The van der Waals surface area contributed by atoms with E-state index in [-0.39, 0.29) is 16.9 Å². The first-order valence-corrected chi connectivity index (χ1v) is 7.73. The van der Waals surface area contributed by atoms with Gasteiger partial charge in [0.15, 0.2) is 0 Å². The van der Waals surface area contributed by atoms with Gasteiger partial charge in [-0.25, -0.2) is 0 Å². The van der Waals surface area contributed by atoms with Crippen LogP contribution < -0.4 is 5.43 Å². The molecule has 0 radical (unpaired) electrons. The predicted molar refractivity (Wildman–Crippen MR) is 93.6 cm³/mol. The molecule has 0 saturated heterocycles. The van der Waals surface area contributed by atoms with Gasteiger partial charge in [-0.2, -0.15) is 5.21 Å². The maximum absolute atomic E-state index is 12.7. The second kappa shape index (κ2) is 6.20. The summed E-state index contributed by atoms with van der Waals surface area (Å²) >= 11 is 0. The molecule has 9 heteroatoms. The van der Waals surface area contributed by atoms with Crippen LogP contribution in [0.4, 0.5) is 5.69 Å². The molecule has 0 aliphatic heterocycles. The molecule has 2 heterocycles. The van der Waals surface area contributed by atoms with E-state index in [2.05, 4.69) is 20.6 Å². The van der Waals surface area contributed by atoms with Crippen LogP contribution in [0.15, 0.2) is 59.5 Å². The normalized spacial score (nSPS) is 10.9. The Morgan fingerprint density at radius 3 is 2.58 bits per heavy atom. The predicted octanol–water partition coefficient (Wildman–Crippen LogP) is 2.14. The number of benzene rings is 2. The molecular weight excluding hydrogens is 336 g/mol. The van der Waals surface area contributed by atoms with E-state index in [1.807, 2.05) is 16.7 Å². The summed E-state index contributed by atoms with van der Waals surface area (Å²) in [5.74, 6) is 0.221. The van der Waals surface area contributed by atoms with Gasteiger partial charge in [0, 0.05) is 30.3 Å². The van der Waals surface area contributed by atoms with Gasteiger partial charge in [-0.15, -0.1) is 10.2 Å². The minimum absolute atomic E-state index is 0.0333. The van der Waals surface area contributed by atoms with Gasteiger partial charge in [0.2, 0.25) is 11.3 Å². The lowest BCUT2D eigenvalue weighted by Gasteiger charge is -2.12. The number of tetrazole rings is 1. The van der Waals surface area contributed by atoms with Gasteiger partial charge in [0.1, 0.15) is 0 Å². The van der Waals surface area contributed by atoms with Crippen LogP contribution in [-0.4, -0.2) is 30.1 Å². The smallest absolute Gasteiger partial charge is 0.269 e. The number of pyridine rings is 1. The molecule has 0 saturated carbocycles. The summed E-state index contributed by atoms with van der Waals surface area (Å²) in [6.07, 6.45) is 1.68. The average molecular weight is 348 g/mol. The first-order chi connectivity index (χ1) is 12.6. The number of hydrogen-bond acceptors (Lipinski definition) is 6. The van der Waals surface area contributed by atoms with Crippen molar-refractivity contribution in [3.8, 4) is 11.4 Å². The number of non-ortho nitro benzene ring substituents is 1. The molecule has 4 rings (SSSR count). The molecule has 0 atom stereocenters. The minimum atomic E-state index is -0.438. The van der Waals surface area contributed by atoms with E-state index in [0.29, 0.717) is 17.5 Å². The molecule has 4 aromatic rings. The SMILES string of the molecule is O=c1c(-c2nn[nH]n2)cn(Cc2ccc([N+](=O)[O-])cc2)c2ccccc12. The van der Waals surface area contributed by atoms with Gasteiger partial charge in [-0.3, -0.25) is 14.9 Å². The number of nitrogens with zero attached hydrogens (tertiary/aromatic N) is 5. The monoisotopic (exact) mass is 348 g/mol. The summed E-state index contributed by atoms with van der Waals surface area (Å²) in [4.78, 5) is 23.1. The number of aromatic nitrogens is 5. The summed E-state index contributed by atoms with van der Waals surface area (Å²) in [5, 5.41) is 25.0. The molecule has 26 heavy (non-hydrogen) atoms. The fourth-order valence-corrected chi connectivity index (χ4v) is 2.83. The Bertz CT molecular complexity index is 1150. The van der Waals surface area contributed by atoms with Gasteiger partial charge in [-0.1, -0.05) is 24.3 Å². The molecule has 2 aromatic heterocycles. The summed E-state index contributed by atoms with van der Waals surface area (Å²) in [5.41, 5.74) is 1.80. The second-order valence-electron chi connectivity index (χ2n) is 5.68. The maximum atomic E-state index is 12.7. The van der Waals surface area contributed by atoms with E-state index >= 15 is 0 Å². The summed E-state index contributed by atoms with van der Waals surface area (Å²) in [7, 11) is 0. The molecule has 0 unspecified atom stereocenters. The highest BCUT2D eigenvalue weighted by atomic mass is 16.6. The molecule has 0 amide bonds. The Kier molecular flexibility index (Phi) is 3.73. The van der Waals surface area contributed by atoms with E-state index < -0.39 is 4.92 Å². The van der Waals surface area contributed by atoms with Crippen molar-refractivity contribution in [3.05, 3.63) is 80.6 Å². The zero-order valence-electron chi connectivity index (χ0n) is 13.4. The van der Waals surface area contributed by atoms with Crippen LogP contribution in [0.1, 0.15) is 5.56 Å². The van der Waals surface area contributed by atoms with Crippen molar-refractivity contribution in [2.75, 3.05) is 0 Å². The number of aromatic amines is 1. The fraction of sp³-hybridized carbons (Fsp3) is 0.0588. The molecule has 0 spiro atoms. The highest BCUT2D eigenvalue weighted by Gasteiger charge is 2.14. The lowest BCUT2D eigenvalue weighted by atomic mass is 10.1. The quantitative estimate of drug-likeness (QED) is 0.446. The van der Waals surface area contributed by atoms with E-state index in [1.54, 1.807) is 30.5 Å². The van der Waals surface area contributed by atoms with Crippen LogP contribution in [-0.2, 0) is 6.54 Å². The molecule has 2 aromatic carbocycles. The number of H-pyrrole nitrogens is 1. The molecular formula is C17H12N6O3. The standard InChI is InChI=1S/C17H12N6O3/c24-16-13-3-1-2-4-15(13)22(10-14(16)17-18-20-21-19-17)9-11-5-7-12(8-6-11)23(25)26/h1-8,10H,9H2,(H,18,19,20,21). The van der Waals surface area contributed by atoms with Crippen molar-refractivity contribution in [1.29, 1.82) is 0 Å². The number of hydrogen-bond donors (Lipinski definition) is 1. The fourth-order valence-electron chi connectivity index (χ4n) is 2.83. The first kappa shape index (κ1) is 15.6. The van der Waals surface area contributed by atoms with Gasteiger partial charge in [-0.05, 0) is 22.9 Å². The molecule has 9 nitrogen and oxygen atoms in total. The Morgan fingerprint density at radius 2 is 1.88 bits per heavy atom. The van der Waals surface area contributed by atoms with Crippen molar-refractivity contribution >= 4 is 16.6 Å². The van der Waals surface area contributed by atoms with Gasteiger partial charge < -0.3 is 4.57 Å². The third-order valence-corrected chi connectivity index (χ3v) is 4.07. The zero-order valence-corrected chi connectivity index (χ0v) is 13.4. The number of fused-ring (bicyclic) bond motifs is 1. The lowest BCUT2D eigenvalue weighted by molar-refractivity contribution is -0.384. The maximum Gasteiger partial charge on any atom is 0.269 e. The summed E-state index contributed by atoms with van der Waals surface area (Å²) in [6, 6.07) is 13.5. The Hall–Kier alpha value is -3.88. The van der Waals surface area contributed by atoms with E-state index in [0.717, 1.165) is 11.1 Å². The van der Waals surface area contributed by atoms with Gasteiger partial charge in [0.05, 0.1) is 16.0 Å². The van der Waals surface area contributed by atoms with E-state index in [1.165, 1.54) is 12.1 Å². The molecule has 0 fully saturated rings. The zero-order chi connectivity index (χ0) is 18.1. The number of nitrogens with one attached hydrogen (secondary N) is 1. The van der Waals surface area contributed by atoms with Crippen molar-refractivity contribution in [2.45, 2.75) is 6.54 Å². The highest BCUT2D eigenvalue weighted by Crippen LogP contribution is 2.19. The third kappa shape index (κ3) is 2.71. The van der Waals surface area contributed by atoms with E-state index in [9.17, 15) is 14.9 Å². The number of rotatable bonds is 4. The third-order valence-electron chi connectivity index (χ3n) is 4.07. The average Bonchev–Trinajstić information content (AvgIpc) is 3.19. The Labute approximate surface area is 146 Å². The van der Waals surface area contributed by atoms with Crippen molar-refractivity contribution in [3.63, 3.8) is 0 Å². The van der Waals surface area contributed by atoms with Crippen molar-refractivity contribution in [2.24, 2.45) is 0 Å². The lowest BCUT2D eigenvalue weighted by Crippen LogP contribution is -2.13. The topological polar surface area (TPSA) is 120 Å². The second-order valence-corrected chi connectivity index (χ2v) is 5.68. The van der Waals surface area contributed by atoms with Crippen molar-refractivity contribution in [1.82, 2.24) is 25.2 Å². The number of nitro benzene ring substituents is 1. The Balaban J connectivity index is 1.85. The number of para-hydroxylation sites is 1. The Morgan fingerprint density at radius 1 is 1.12 bits per heavy atom. The summed E-state index contributed by atoms with van der Waals surface area (Å²) < 4.78 is 1.89. The van der Waals surface area contributed by atoms with Crippen LogP contribution in [0.25, 0.3) is 22.3 Å². The highest BCUT2D eigenvalue weighted by molar-refractivity contribution is 5.82. The van der Waals surface area contributed by atoms with Gasteiger partial charge in [0.25, 0.3) is 5.69 Å². The number of nitro groups is 1. The van der Waals surface area contributed by atoms with Crippen LogP contribution in [0.3, 0.4) is 0 Å². The van der Waals surface area contributed by atoms with Crippen LogP contribution in [0.5, 0.6) is 0 Å². The van der Waals surface area contributed by atoms with Gasteiger partial charge >= 0.3 is 0 Å². The molecule has 0 aliphatic rings. The van der Waals surface area contributed by atoms with Crippen LogP contribution in [0, 0.1) is 10.1 Å². The molecule has 0 bridgehead atoms. The summed E-state index contributed by atoms with van der Waals surface area (Å²) in [6.45, 7) is 0.434. The van der Waals surface area contributed by atoms with E-state index in [4.69, 9.17) is 0 Å². The minimum Gasteiger partial charge on any atom is -0.342 e. The van der Waals surface area contributed by atoms with Crippen molar-refractivity contribution < 1.29 is 4.92 Å². The molecule has 1 N–H and O–H groups in total.